The van der Waals surface area contributed by atoms with E-state index >= 15 is 0 Å². The van der Waals surface area contributed by atoms with Gasteiger partial charge in [-0.1, -0.05) is 18.2 Å². The molecule has 1 aromatic rings. The van der Waals surface area contributed by atoms with Crippen LogP contribution in [0.4, 0.5) is 0 Å². The lowest BCUT2D eigenvalue weighted by molar-refractivity contribution is -0.121. The average Bonchev–Trinajstić information content (AvgIpc) is 2.99. The molecule has 0 bridgehead atoms. The minimum Gasteiger partial charge on any atom is -0.379 e. The third-order valence-electron chi connectivity index (χ3n) is 3.97. The fraction of sp³-hybridized carbons (Fsp3) is 0.500. The summed E-state index contributed by atoms with van der Waals surface area (Å²) in [5.74, 6) is -1.14. The highest BCUT2D eigenvalue weighted by atomic mass is 32.2. The van der Waals surface area contributed by atoms with Gasteiger partial charge in [-0.2, -0.15) is 0 Å². The molecule has 2 N–H and O–H groups in total. The SMILES string of the molecule is CN(C)S(=O)(=O)C[C@@H]1COC[C@H]1NC(=O)CNC(=O)c1ccccc1. The molecule has 8 nitrogen and oxygen atoms in total. The molecule has 9 heteroatoms. The van der Waals surface area contributed by atoms with Gasteiger partial charge in [-0.15, -0.1) is 0 Å². The summed E-state index contributed by atoms with van der Waals surface area (Å²) in [6.45, 7) is 0.345. The van der Waals surface area contributed by atoms with Gasteiger partial charge in [0.15, 0.2) is 0 Å². The Morgan fingerprint density at radius 2 is 1.88 bits per heavy atom. The third-order valence-corrected chi connectivity index (χ3v) is 5.93. The molecule has 0 aromatic heterocycles. The first-order valence-corrected chi connectivity index (χ1v) is 9.51. The van der Waals surface area contributed by atoms with Crippen molar-refractivity contribution in [2.45, 2.75) is 6.04 Å². The first-order valence-electron chi connectivity index (χ1n) is 7.90. The van der Waals surface area contributed by atoms with Gasteiger partial charge in [-0.3, -0.25) is 9.59 Å². The summed E-state index contributed by atoms with van der Waals surface area (Å²) < 4.78 is 30.4. The number of carbonyl (C=O) groups excluding carboxylic acids is 2. The zero-order valence-corrected chi connectivity index (χ0v) is 15.1. The third kappa shape index (κ3) is 5.52. The molecule has 0 spiro atoms. The summed E-state index contributed by atoms with van der Waals surface area (Å²) in [6, 6.07) is 8.18. The Morgan fingerprint density at radius 1 is 1.20 bits per heavy atom. The van der Waals surface area contributed by atoms with Crippen molar-refractivity contribution in [3.8, 4) is 0 Å². The molecule has 1 aromatic carbocycles. The fourth-order valence-electron chi connectivity index (χ4n) is 2.45. The van der Waals surface area contributed by atoms with Gasteiger partial charge in [-0.05, 0) is 12.1 Å². The summed E-state index contributed by atoms with van der Waals surface area (Å²) in [6.07, 6.45) is 0. The van der Waals surface area contributed by atoms with E-state index < -0.39 is 16.1 Å². The number of hydrogen-bond donors (Lipinski definition) is 2. The topological polar surface area (TPSA) is 105 Å². The van der Waals surface area contributed by atoms with Crippen LogP contribution in [-0.4, -0.2) is 70.2 Å². The average molecular weight is 369 g/mol. The second kappa shape index (κ2) is 8.41. The second-order valence-corrected chi connectivity index (χ2v) is 8.31. The van der Waals surface area contributed by atoms with E-state index in [9.17, 15) is 18.0 Å². The molecule has 138 valence electrons. The predicted octanol–water partition coefficient (Wildman–Crippen LogP) is -0.561. The smallest absolute Gasteiger partial charge is 0.251 e. The maximum atomic E-state index is 12.0. The van der Waals surface area contributed by atoms with Crippen molar-refractivity contribution in [2.24, 2.45) is 5.92 Å². The summed E-state index contributed by atoms with van der Waals surface area (Å²) >= 11 is 0. The predicted molar refractivity (Wildman–Crippen MR) is 92.5 cm³/mol. The molecule has 1 saturated heterocycles. The van der Waals surface area contributed by atoms with Gasteiger partial charge in [0.05, 0.1) is 31.6 Å². The van der Waals surface area contributed by atoms with Crippen molar-refractivity contribution in [2.75, 3.05) is 39.6 Å². The second-order valence-electron chi connectivity index (χ2n) is 6.08. The van der Waals surface area contributed by atoms with E-state index in [-0.39, 0.29) is 43.2 Å². The lowest BCUT2D eigenvalue weighted by atomic mass is 10.1. The van der Waals surface area contributed by atoms with Gasteiger partial charge in [0.1, 0.15) is 0 Å². The van der Waals surface area contributed by atoms with Crippen LogP contribution in [0, 0.1) is 5.92 Å². The van der Waals surface area contributed by atoms with E-state index in [4.69, 9.17) is 4.74 Å². The van der Waals surface area contributed by atoms with E-state index in [0.717, 1.165) is 4.31 Å². The summed E-state index contributed by atoms with van der Waals surface area (Å²) in [5.41, 5.74) is 0.467. The number of sulfonamides is 1. The maximum Gasteiger partial charge on any atom is 0.251 e. The number of rotatable bonds is 7. The number of nitrogens with one attached hydrogen (secondary N) is 2. The lowest BCUT2D eigenvalue weighted by Crippen LogP contribution is -2.47. The lowest BCUT2D eigenvalue weighted by Gasteiger charge is -2.21. The molecule has 2 atom stereocenters. The van der Waals surface area contributed by atoms with Crippen LogP contribution >= 0.6 is 0 Å². The Morgan fingerprint density at radius 3 is 2.52 bits per heavy atom. The van der Waals surface area contributed by atoms with Crippen LogP contribution in [0.2, 0.25) is 0 Å². The van der Waals surface area contributed by atoms with Crippen molar-refractivity contribution in [1.29, 1.82) is 0 Å². The zero-order chi connectivity index (χ0) is 18.4. The van der Waals surface area contributed by atoms with Crippen LogP contribution in [0.5, 0.6) is 0 Å². The Balaban J connectivity index is 1.84. The van der Waals surface area contributed by atoms with Crippen molar-refractivity contribution in [3.63, 3.8) is 0 Å². The molecule has 1 aliphatic heterocycles. The highest BCUT2D eigenvalue weighted by Gasteiger charge is 2.34. The van der Waals surface area contributed by atoms with Crippen molar-refractivity contribution in [3.05, 3.63) is 35.9 Å². The van der Waals surface area contributed by atoms with Crippen molar-refractivity contribution >= 4 is 21.8 Å². The molecule has 1 aliphatic rings. The molecule has 0 unspecified atom stereocenters. The first-order chi connectivity index (χ1) is 11.8. The number of carbonyl (C=O) groups is 2. The minimum absolute atomic E-state index is 0.0959. The Kier molecular flexibility index (Phi) is 6.51. The number of hydrogen-bond acceptors (Lipinski definition) is 5. The van der Waals surface area contributed by atoms with Crippen LogP contribution in [0.15, 0.2) is 30.3 Å². The van der Waals surface area contributed by atoms with E-state index in [1.807, 2.05) is 0 Å². The van der Waals surface area contributed by atoms with Crippen LogP contribution in [0.1, 0.15) is 10.4 Å². The first kappa shape index (κ1) is 19.4. The zero-order valence-electron chi connectivity index (χ0n) is 14.3. The van der Waals surface area contributed by atoms with E-state index in [1.165, 1.54) is 14.1 Å². The van der Waals surface area contributed by atoms with Crippen molar-refractivity contribution in [1.82, 2.24) is 14.9 Å². The molecular weight excluding hydrogens is 346 g/mol. The van der Waals surface area contributed by atoms with Gasteiger partial charge in [0.25, 0.3) is 5.91 Å². The van der Waals surface area contributed by atoms with Gasteiger partial charge in [0.2, 0.25) is 15.9 Å². The quantitative estimate of drug-likeness (QED) is 0.670. The highest BCUT2D eigenvalue weighted by Crippen LogP contribution is 2.17. The number of amides is 2. The van der Waals surface area contributed by atoms with E-state index in [1.54, 1.807) is 30.3 Å². The molecule has 2 amide bonds. The summed E-state index contributed by atoms with van der Waals surface area (Å²) in [5, 5.41) is 5.27. The molecule has 0 saturated carbocycles. The van der Waals surface area contributed by atoms with E-state index in [2.05, 4.69) is 10.6 Å². The largest absolute Gasteiger partial charge is 0.379 e. The summed E-state index contributed by atoms with van der Waals surface area (Å²) in [7, 11) is -0.440. The van der Waals surface area contributed by atoms with Crippen molar-refractivity contribution < 1.29 is 22.7 Å². The van der Waals surface area contributed by atoms with Crippen LogP contribution < -0.4 is 10.6 Å². The Labute approximate surface area is 147 Å². The maximum absolute atomic E-state index is 12.0. The Hall–Kier alpha value is -1.97. The standard InChI is InChI=1S/C16H23N3O5S/c1-19(2)25(22,23)11-13-9-24-10-14(13)18-15(20)8-17-16(21)12-6-4-3-5-7-12/h3-7,13-14H,8-11H2,1-2H3,(H,17,21)(H,18,20)/t13-,14+/m0/s1. The minimum atomic E-state index is -3.38. The molecular formula is C16H23N3O5S. The molecule has 1 fully saturated rings. The van der Waals surface area contributed by atoms with Crippen LogP contribution in [-0.2, 0) is 19.6 Å². The van der Waals surface area contributed by atoms with E-state index in [0.29, 0.717) is 5.56 Å². The molecule has 0 aliphatic carbocycles. The number of nitrogens with zero attached hydrogens (tertiary/aromatic N) is 1. The fourth-order valence-corrected chi connectivity index (χ4v) is 3.62. The van der Waals surface area contributed by atoms with Gasteiger partial charge < -0.3 is 15.4 Å². The Bertz CT molecular complexity index is 706. The van der Waals surface area contributed by atoms with Gasteiger partial charge in [0, 0.05) is 25.6 Å². The molecule has 25 heavy (non-hydrogen) atoms. The monoisotopic (exact) mass is 369 g/mol. The highest BCUT2D eigenvalue weighted by molar-refractivity contribution is 7.89. The summed E-state index contributed by atoms with van der Waals surface area (Å²) in [4.78, 5) is 24.0. The van der Waals surface area contributed by atoms with Crippen LogP contribution in [0.25, 0.3) is 0 Å². The van der Waals surface area contributed by atoms with Gasteiger partial charge >= 0.3 is 0 Å². The molecule has 0 radical (unpaired) electrons. The number of ether oxygens (including phenoxy) is 1. The molecule has 2 rings (SSSR count). The van der Waals surface area contributed by atoms with Crippen LogP contribution in [0.3, 0.4) is 0 Å². The molecule has 1 heterocycles. The number of benzene rings is 1. The van der Waals surface area contributed by atoms with Gasteiger partial charge in [-0.25, -0.2) is 12.7 Å². The normalized spacial score (nSPS) is 20.4.